The number of aliphatic hydroxyl groups is 1. The Labute approximate surface area is 85.0 Å². The van der Waals surface area contributed by atoms with Crippen molar-refractivity contribution in [1.29, 1.82) is 0 Å². The molecule has 0 saturated heterocycles. The van der Waals surface area contributed by atoms with Gasteiger partial charge in [-0.3, -0.25) is 4.55 Å². The van der Waals surface area contributed by atoms with Gasteiger partial charge in [0.1, 0.15) is 0 Å². The molecule has 0 heterocycles. The van der Waals surface area contributed by atoms with E-state index >= 15 is 0 Å². The summed E-state index contributed by atoms with van der Waals surface area (Å²) in [5, 5.41) is 9.01. The summed E-state index contributed by atoms with van der Waals surface area (Å²) in [5.74, 6) is -0.0318. The molecule has 0 aliphatic rings. The monoisotopic (exact) mass is 226 g/mol. The first-order valence-corrected chi connectivity index (χ1v) is 5.92. The predicted molar refractivity (Wildman–Crippen MR) is 52.2 cm³/mol. The Kier molecular flexibility index (Phi) is 5.58. The van der Waals surface area contributed by atoms with Gasteiger partial charge >= 0.3 is 10.4 Å². The zero-order valence-electron chi connectivity index (χ0n) is 8.67. The Morgan fingerprint density at radius 3 is 2.00 bits per heavy atom. The van der Waals surface area contributed by atoms with E-state index < -0.39 is 22.6 Å². The molecule has 0 radical (unpaired) electrons. The lowest BCUT2D eigenvalue weighted by atomic mass is 10.0. The fourth-order valence-electron chi connectivity index (χ4n) is 1.05. The van der Waals surface area contributed by atoms with Crippen molar-refractivity contribution in [2.24, 2.45) is 5.92 Å². The Morgan fingerprint density at radius 1 is 1.21 bits per heavy atom. The molecule has 0 aliphatic carbocycles. The molecule has 0 aromatic carbocycles. The van der Waals surface area contributed by atoms with E-state index in [1.54, 1.807) is 20.8 Å². The molecule has 6 heteroatoms. The zero-order valence-corrected chi connectivity index (χ0v) is 9.49. The number of rotatable bonds is 6. The molecule has 0 unspecified atom stereocenters. The van der Waals surface area contributed by atoms with Crippen molar-refractivity contribution in [1.82, 2.24) is 0 Å². The van der Waals surface area contributed by atoms with Gasteiger partial charge in [0.2, 0.25) is 0 Å². The Bertz CT molecular complexity index is 244. The molecule has 0 aromatic rings. The van der Waals surface area contributed by atoms with Gasteiger partial charge in [-0.25, -0.2) is 4.18 Å². The van der Waals surface area contributed by atoms with E-state index in [0.29, 0.717) is 12.8 Å². The third-order valence-corrected chi connectivity index (χ3v) is 2.35. The number of aliphatic hydroxyl groups excluding tert-OH is 1. The van der Waals surface area contributed by atoms with Crippen LogP contribution in [-0.4, -0.2) is 30.3 Å². The van der Waals surface area contributed by atoms with Crippen LogP contribution in [-0.2, 0) is 14.6 Å². The van der Waals surface area contributed by atoms with Crippen LogP contribution in [0.4, 0.5) is 0 Å². The summed E-state index contributed by atoms with van der Waals surface area (Å²) >= 11 is 0. The van der Waals surface area contributed by atoms with E-state index in [-0.39, 0.29) is 5.92 Å². The Balaban J connectivity index is 4.17. The maximum atomic E-state index is 10.5. The van der Waals surface area contributed by atoms with Crippen molar-refractivity contribution in [3.8, 4) is 0 Å². The van der Waals surface area contributed by atoms with Gasteiger partial charge in [0.15, 0.2) is 0 Å². The van der Waals surface area contributed by atoms with Crippen molar-refractivity contribution in [2.45, 2.75) is 45.8 Å². The minimum absolute atomic E-state index is 0.0318. The van der Waals surface area contributed by atoms with Crippen LogP contribution in [0.15, 0.2) is 0 Å². The highest BCUT2D eigenvalue weighted by Gasteiger charge is 2.20. The van der Waals surface area contributed by atoms with Crippen LogP contribution in [0.3, 0.4) is 0 Å². The fraction of sp³-hybridized carbons (Fsp3) is 1.00. The average molecular weight is 226 g/mol. The fourth-order valence-corrected chi connectivity index (χ4v) is 1.69. The molecule has 0 aliphatic heterocycles. The third-order valence-electron chi connectivity index (χ3n) is 1.86. The zero-order chi connectivity index (χ0) is 11.4. The molecule has 0 aromatic heterocycles. The van der Waals surface area contributed by atoms with E-state index in [1.165, 1.54) is 0 Å². The molecule has 0 saturated carbocycles. The minimum atomic E-state index is -4.40. The smallest absolute Gasteiger partial charge is 0.393 e. The van der Waals surface area contributed by atoms with Crippen molar-refractivity contribution in [3.63, 3.8) is 0 Å². The lowest BCUT2D eigenvalue weighted by molar-refractivity contribution is 0.102. The van der Waals surface area contributed by atoms with Gasteiger partial charge in [0.05, 0.1) is 12.2 Å². The van der Waals surface area contributed by atoms with Gasteiger partial charge in [-0.1, -0.05) is 13.8 Å². The van der Waals surface area contributed by atoms with E-state index in [4.69, 9.17) is 9.66 Å². The maximum absolute atomic E-state index is 10.5. The van der Waals surface area contributed by atoms with Gasteiger partial charge in [-0.2, -0.15) is 8.42 Å². The largest absolute Gasteiger partial charge is 0.397 e. The molecule has 2 N–H and O–H groups in total. The van der Waals surface area contributed by atoms with E-state index in [1.807, 2.05) is 0 Å². The van der Waals surface area contributed by atoms with Crippen molar-refractivity contribution < 1.29 is 22.3 Å². The molecule has 0 spiro atoms. The highest BCUT2D eigenvalue weighted by atomic mass is 32.3. The third kappa shape index (κ3) is 7.25. The van der Waals surface area contributed by atoms with Crippen LogP contribution in [0, 0.1) is 5.92 Å². The van der Waals surface area contributed by atoms with Gasteiger partial charge in [-0.15, -0.1) is 0 Å². The molecule has 2 atom stereocenters. The molecule has 0 fully saturated rings. The lowest BCUT2D eigenvalue weighted by Gasteiger charge is -2.19. The highest BCUT2D eigenvalue weighted by Crippen LogP contribution is 2.16. The normalized spacial score (nSPS) is 17.0. The first-order chi connectivity index (χ1) is 6.22. The minimum Gasteiger partial charge on any atom is -0.393 e. The van der Waals surface area contributed by atoms with Crippen LogP contribution in [0.25, 0.3) is 0 Å². The van der Waals surface area contributed by atoms with Crippen molar-refractivity contribution >= 4 is 10.4 Å². The molecule has 0 bridgehead atoms. The van der Waals surface area contributed by atoms with E-state index in [0.717, 1.165) is 0 Å². The Hall–Kier alpha value is -0.170. The summed E-state index contributed by atoms with van der Waals surface area (Å²) in [6.45, 7) is 5.20. The van der Waals surface area contributed by atoms with Crippen molar-refractivity contribution in [2.75, 3.05) is 0 Å². The summed E-state index contributed by atoms with van der Waals surface area (Å²) in [6, 6.07) is 0. The van der Waals surface area contributed by atoms with E-state index in [9.17, 15) is 8.42 Å². The first-order valence-electron chi connectivity index (χ1n) is 4.56. The standard InChI is InChI=1S/C8H18O5S/c1-6(2)8(5-4-7(3)9)13-14(10,11)12/h6-9H,4-5H2,1-3H3,(H,10,11,12)/t7-,8-/m1/s1. The molecule has 14 heavy (non-hydrogen) atoms. The molecule has 5 nitrogen and oxygen atoms in total. The second-order valence-corrected chi connectivity index (χ2v) is 4.78. The molecule has 0 rings (SSSR count). The SMILES string of the molecule is CC(C)[C@@H](CC[C@@H](C)O)OS(=O)(=O)O. The highest BCUT2D eigenvalue weighted by molar-refractivity contribution is 7.80. The summed E-state index contributed by atoms with van der Waals surface area (Å²) < 4.78 is 33.9. The van der Waals surface area contributed by atoms with Crippen LogP contribution in [0.5, 0.6) is 0 Å². The average Bonchev–Trinajstić information content (AvgIpc) is 1.94. The number of hydrogen-bond acceptors (Lipinski definition) is 4. The quantitative estimate of drug-likeness (QED) is 0.660. The second kappa shape index (κ2) is 5.65. The Morgan fingerprint density at radius 2 is 1.71 bits per heavy atom. The van der Waals surface area contributed by atoms with Gasteiger partial charge in [0.25, 0.3) is 0 Å². The summed E-state index contributed by atoms with van der Waals surface area (Å²) in [4.78, 5) is 0. The first kappa shape index (κ1) is 13.8. The topological polar surface area (TPSA) is 83.8 Å². The lowest BCUT2D eigenvalue weighted by Crippen LogP contribution is -2.24. The molecular weight excluding hydrogens is 208 g/mol. The van der Waals surface area contributed by atoms with Crippen LogP contribution >= 0.6 is 0 Å². The summed E-state index contributed by atoms with van der Waals surface area (Å²) in [7, 11) is -4.40. The van der Waals surface area contributed by atoms with E-state index in [2.05, 4.69) is 4.18 Å². The van der Waals surface area contributed by atoms with Crippen LogP contribution in [0.2, 0.25) is 0 Å². The van der Waals surface area contributed by atoms with Gasteiger partial charge in [0, 0.05) is 0 Å². The molecule has 0 amide bonds. The van der Waals surface area contributed by atoms with Crippen molar-refractivity contribution in [3.05, 3.63) is 0 Å². The molecular formula is C8H18O5S. The molecule has 86 valence electrons. The van der Waals surface area contributed by atoms with Crippen LogP contribution in [0.1, 0.15) is 33.6 Å². The van der Waals surface area contributed by atoms with Gasteiger partial charge in [-0.05, 0) is 25.7 Å². The van der Waals surface area contributed by atoms with Crippen LogP contribution < -0.4 is 0 Å². The summed E-state index contributed by atoms with van der Waals surface area (Å²) in [6.07, 6.45) is -0.242. The second-order valence-electron chi connectivity index (χ2n) is 3.73. The maximum Gasteiger partial charge on any atom is 0.397 e. The summed E-state index contributed by atoms with van der Waals surface area (Å²) in [5.41, 5.74) is 0. The number of hydrogen-bond donors (Lipinski definition) is 2. The predicted octanol–water partition coefficient (Wildman–Crippen LogP) is 0.991. The van der Waals surface area contributed by atoms with Gasteiger partial charge < -0.3 is 5.11 Å².